The van der Waals surface area contributed by atoms with E-state index in [4.69, 9.17) is 0 Å². The molecule has 0 saturated carbocycles. The molecule has 3 rings (SSSR count). The molecule has 2 amide bonds. The van der Waals surface area contributed by atoms with Crippen LogP contribution in [0.3, 0.4) is 0 Å². The lowest BCUT2D eigenvalue weighted by atomic mass is 10.1. The molecule has 5 heteroatoms. The minimum atomic E-state index is -0.675. The highest BCUT2D eigenvalue weighted by Gasteiger charge is 2.18. The highest BCUT2D eigenvalue weighted by molar-refractivity contribution is 6.09. The van der Waals surface area contributed by atoms with Gasteiger partial charge in [-0.25, -0.2) is 4.39 Å². The molecule has 0 aliphatic heterocycles. The van der Waals surface area contributed by atoms with Crippen LogP contribution in [0.5, 0.6) is 0 Å². The van der Waals surface area contributed by atoms with Gasteiger partial charge in [0.05, 0.1) is 11.3 Å². The fourth-order valence-corrected chi connectivity index (χ4v) is 2.87. The normalized spacial score (nSPS) is 10.3. The minimum Gasteiger partial charge on any atom is -0.352 e. The van der Waals surface area contributed by atoms with E-state index in [0.29, 0.717) is 12.1 Å². The summed E-state index contributed by atoms with van der Waals surface area (Å²) in [5, 5.41) is 5.36. The van der Waals surface area contributed by atoms with Gasteiger partial charge in [0.15, 0.2) is 0 Å². The van der Waals surface area contributed by atoms with Crippen LogP contribution in [-0.4, -0.2) is 18.4 Å². The number of carbonyl (C=O) groups excluding carboxylic acids is 2. The molecule has 0 aliphatic rings. The molecule has 3 aromatic rings. The van der Waals surface area contributed by atoms with Crippen molar-refractivity contribution in [2.24, 2.45) is 0 Å². The van der Waals surface area contributed by atoms with Gasteiger partial charge in [-0.3, -0.25) is 9.59 Å². The second-order valence-electron chi connectivity index (χ2n) is 6.33. The van der Waals surface area contributed by atoms with Crippen molar-refractivity contribution in [1.82, 2.24) is 5.32 Å². The van der Waals surface area contributed by atoms with Crippen molar-refractivity contribution in [3.63, 3.8) is 0 Å². The lowest BCUT2D eigenvalue weighted by molar-refractivity contribution is 0.0950. The third-order valence-electron chi connectivity index (χ3n) is 4.30. The number of amides is 2. The van der Waals surface area contributed by atoms with Crippen LogP contribution in [-0.2, 0) is 6.42 Å². The Kier molecular flexibility index (Phi) is 6.52. The van der Waals surface area contributed by atoms with Crippen molar-refractivity contribution in [2.45, 2.75) is 12.8 Å². The zero-order chi connectivity index (χ0) is 19.8. The first kappa shape index (κ1) is 19.3. The zero-order valence-electron chi connectivity index (χ0n) is 15.3. The van der Waals surface area contributed by atoms with Crippen LogP contribution >= 0.6 is 0 Å². The Hall–Kier alpha value is -3.47. The van der Waals surface area contributed by atoms with E-state index in [1.165, 1.54) is 23.8 Å². The van der Waals surface area contributed by atoms with Crippen molar-refractivity contribution in [3.05, 3.63) is 101 Å². The van der Waals surface area contributed by atoms with Gasteiger partial charge in [-0.2, -0.15) is 0 Å². The number of hydrogen-bond acceptors (Lipinski definition) is 2. The Morgan fingerprint density at radius 1 is 0.786 bits per heavy atom. The number of hydrogen-bond donors (Lipinski definition) is 2. The molecule has 0 aliphatic carbocycles. The first-order valence-corrected chi connectivity index (χ1v) is 9.12. The maximum Gasteiger partial charge on any atom is 0.256 e. The van der Waals surface area contributed by atoms with Crippen molar-refractivity contribution in [1.29, 1.82) is 0 Å². The Bertz CT molecular complexity index is 943. The van der Waals surface area contributed by atoms with E-state index in [0.717, 1.165) is 12.8 Å². The number of nitrogens with one attached hydrogen (secondary N) is 2. The van der Waals surface area contributed by atoms with Gasteiger partial charge in [-0.05, 0) is 42.7 Å². The van der Waals surface area contributed by atoms with Crippen LogP contribution in [0.15, 0.2) is 78.9 Å². The zero-order valence-corrected chi connectivity index (χ0v) is 15.3. The van der Waals surface area contributed by atoms with Crippen LogP contribution in [0.1, 0.15) is 32.7 Å². The van der Waals surface area contributed by atoms with Gasteiger partial charge in [-0.1, -0.05) is 54.6 Å². The lowest BCUT2D eigenvalue weighted by Gasteiger charge is -2.12. The number of anilines is 1. The monoisotopic (exact) mass is 376 g/mol. The van der Waals surface area contributed by atoms with E-state index in [1.54, 1.807) is 30.3 Å². The number of rotatable bonds is 7. The van der Waals surface area contributed by atoms with Gasteiger partial charge in [0.2, 0.25) is 0 Å². The van der Waals surface area contributed by atoms with Crippen LogP contribution in [0.4, 0.5) is 10.1 Å². The van der Waals surface area contributed by atoms with Gasteiger partial charge < -0.3 is 10.6 Å². The topological polar surface area (TPSA) is 58.2 Å². The molecule has 0 saturated heterocycles. The summed E-state index contributed by atoms with van der Waals surface area (Å²) in [6.45, 7) is 0.411. The smallest absolute Gasteiger partial charge is 0.256 e. The van der Waals surface area contributed by atoms with E-state index in [9.17, 15) is 14.0 Å². The maximum absolute atomic E-state index is 14.3. The van der Waals surface area contributed by atoms with E-state index < -0.39 is 17.6 Å². The summed E-state index contributed by atoms with van der Waals surface area (Å²) in [5.41, 5.74) is 1.60. The van der Waals surface area contributed by atoms with Crippen molar-refractivity contribution in [3.8, 4) is 0 Å². The summed E-state index contributed by atoms with van der Waals surface area (Å²) < 4.78 is 14.3. The molecule has 0 unspecified atom stereocenters. The Labute approximate surface area is 163 Å². The van der Waals surface area contributed by atoms with Crippen molar-refractivity contribution >= 4 is 17.5 Å². The molecule has 142 valence electrons. The second-order valence-corrected chi connectivity index (χ2v) is 6.33. The number of benzene rings is 3. The first-order chi connectivity index (χ1) is 13.6. The number of carbonyl (C=O) groups is 2. The highest BCUT2D eigenvalue weighted by atomic mass is 19.1. The van der Waals surface area contributed by atoms with E-state index in [-0.39, 0.29) is 11.3 Å². The summed E-state index contributed by atoms with van der Waals surface area (Å²) in [6.07, 6.45) is 1.55. The molecule has 0 spiro atoms. The second kappa shape index (κ2) is 9.46. The summed E-state index contributed by atoms with van der Waals surface area (Å²) in [6, 6.07) is 22.7. The quantitative estimate of drug-likeness (QED) is 0.599. The fourth-order valence-electron chi connectivity index (χ4n) is 2.87. The molecule has 2 N–H and O–H groups in total. The predicted molar refractivity (Wildman–Crippen MR) is 108 cm³/mol. The predicted octanol–water partition coefficient (Wildman–Crippen LogP) is 4.44. The Balaban J connectivity index is 1.64. The molecule has 0 heterocycles. The van der Waals surface area contributed by atoms with E-state index in [1.807, 2.05) is 30.3 Å². The maximum atomic E-state index is 14.3. The average Bonchev–Trinajstić information content (AvgIpc) is 2.72. The lowest BCUT2D eigenvalue weighted by Crippen LogP contribution is -2.27. The molecule has 0 bridgehead atoms. The van der Waals surface area contributed by atoms with E-state index >= 15 is 0 Å². The molecule has 0 aromatic heterocycles. The van der Waals surface area contributed by atoms with Crippen molar-refractivity contribution < 1.29 is 14.0 Å². The summed E-state index contributed by atoms with van der Waals surface area (Å²) in [7, 11) is 0. The highest BCUT2D eigenvalue weighted by Crippen LogP contribution is 2.20. The molecule has 0 atom stereocenters. The largest absolute Gasteiger partial charge is 0.352 e. The van der Waals surface area contributed by atoms with Crippen LogP contribution in [0.2, 0.25) is 0 Å². The fraction of sp³-hybridized carbons (Fsp3) is 0.130. The SMILES string of the molecule is O=C(Nc1cccc(F)c1C(=O)NCCCc1ccccc1)c1ccccc1. The third-order valence-corrected chi connectivity index (χ3v) is 4.30. The number of halogens is 1. The van der Waals surface area contributed by atoms with Crippen LogP contribution < -0.4 is 10.6 Å². The summed E-state index contributed by atoms with van der Waals surface area (Å²) >= 11 is 0. The molecular weight excluding hydrogens is 355 g/mol. The van der Waals surface area contributed by atoms with Gasteiger partial charge >= 0.3 is 0 Å². The summed E-state index contributed by atoms with van der Waals surface area (Å²) in [4.78, 5) is 24.9. The molecule has 3 aromatic carbocycles. The molecule has 0 fully saturated rings. The standard InChI is InChI=1S/C23H21FN2O2/c24-19-14-7-15-20(26-22(27)18-12-5-2-6-13-18)21(19)23(28)25-16-8-11-17-9-3-1-4-10-17/h1-7,9-10,12-15H,8,11,16H2,(H,25,28)(H,26,27). The summed E-state index contributed by atoms with van der Waals surface area (Å²) in [5.74, 6) is -1.62. The Morgan fingerprint density at radius 3 is 2.18 bits per heavy atom. The van der Waals surface area contributed by atoms with Gasteiger partial charge in [0.1, 0.15) is 5.82 Å². The molecule has 28 heavy (non-hydrogen) atoms. The van der Waals surface area contributed by atoms with E-state index in [2.05, 4.69) is 10.6 Å². The van der Waals surface area contributed by atoms with Crippen LogP contribution in [0, 0.1) is 5.82 Å². The minimum absolute atomic E-state index is 0.148. The molecule has 0 radical (unpaired) electrons. The van der Waals surface area contributed by atoms with Gasteiger partial charge in [0.25, 0.3) is 11.8 Å². The average molecular weight is 376 g/mol. The first-order valence-electron chi connectivity index (χ1n) is 9.12. The van der Waals surface area contributed by atoms with Gasteiger partial charge in [0, 0.05) is 12.1 Å². The number of aryl methyl sites for hydroxylation is 1. The Morgan fingerprint density at radius 2 is 1.46 bits per heavy atom. The van der Waals surface area contributed by atoms with Gasteiger partial charge in [-0.15, -0.1) is 0 Å². The van der Waals surface area contributed by atoms with Crippen molar-refractivity contribution in [2.75, 3.05) is 11.9 Å². The van der Waals surface area contributed by atoms with Crippen LogP contribution in [0.25, 0.3) is 0 Å². The molecule has 4 nitrogen and oxygen atoms in total. The molecular formula is C23H21FN2O2. The third kappa shape index (κ3) is 5.04.